The van der Waals surface area contributed by atoms with Crippen LogP contribution in [0.4, 0.5) is 0 Å². The van der Waals surface area contributed by atoms with Gasteiger partial charge < -0.3 is 10.4 Å². The highest BCUT2D eigenvalue weighted by atomic mass is 16.3. The van der Waals surface area contributed by atoms with Gasteiger partial charge in [0.25, 0.3) is 0 Å². The molecule has 1 aliphatic carbocycles. The highest BCUT2D eigenvalue weighted by Gasteiger charge is 2.44. The molecule has 1 fully saturated rings. The Morgan fingerprint density at radius 3 is 3.00 bits per heavy atom. The molecule has 1 aliphatic rings. The Kier molecular flexibility index (Phi) is 3.32. The Morgan fingerprint density at radius 1 is 1.52 bits per heavy atom. The lowest BCUT2D eigenvalue weighted by atomic mass is 10.1. The number of hydrogen-bond acceptors (Lipinski definition) is 5. The van der Waals surface area contributed by atoms with Gasteiger partial charge in [0.1, 0.15) is 5.75 Å². The lowest BCUT2D eigenvalue weighted by molar-refractivity contribution is -0.123. The molecule has 0 radical (unpaired) electrons. The third kappa shape index (κ3) is 2.72. The summed E-state index contributed by atoms with van der Waals surface area (Å²) in [6, 6.07) is 6.85. The van der Waals surface area contributed by atoms with Gasteiger partial charge in [-0.15, -0.1) is 5.10 Å². The zero-order valence-corrected chi connectivity index (χ0v) is 11.9. The fraction of sp³-hybridized carbons (Fsp3) is 0.429. The van der Waals surface area contributed by atoms with Crippen molar-refractivity contribution in [3.63, 3.8) is 0 Å². The van der Waals surface area contributed by atoms with E-state index >= 15 is 0 Å². The first-order valence-electron chi connectivity index (χ1n) is 6.88. The number of aryl methyl sites for hydroxylation is 1. The summed E-state index contributed by atoms with van der Waals surface area (Å²) in [5.41, 5.74) is 1.00. The Balaban J connectivity index is 1.62. The third-order valence-corrected chi connectivity index (χ3v) is 3.82. The van der Waals surface area contributed by atoms with Gasteiger partial charge in [-0.25, -0.2) is 4.68 Å². The van der Waals surface area contributed by atoms with Crippen LogP contribution >= 0.6 is 0 Å². The molecule has 1 aromatic heterocycles. The second-order valence-electron chi connectivity index (χ2n) is 5.43. The smallest absolute Gasteiger partial charge is 0.224 e. The number of phenols is 1. The minimum atomic E-state index is -0.233. The van der Waals surface area contributed by atoms with Crippen molar-refractivity contribution in [2.45, 2.75) is 25.3 Å². The number of rotatable bonds is 4. The molecule has 0 saturated heterocycles. The third-order valence-electron chi connectivity index (χ3n) is 3.82. The van der Waals surface area contributed by atoms with Crippen LogP contribution in [0.1, 0.15) is 36.7 Å². The van der Waals surface area contributed by atoms with Crippen LogP contribution in [-0.4, -0.2) is 31.2 Å². The maximum atomic E-state index is 12.2. The maximum absolute atomic E-state index is 12.2. The summed E-state index contributed by atoms with van der Waals surface area (Å²) in [5.74, 6) is 0.992. The number of tetrazole rings is 1. The summed E-state index contributed by atoms with van der Waals surface area (Å²) in [7, 11) is 1.74. The predicted octanol–water partition coefficient (Wildman–Crippen LogP) is 0.897. The SMILES string of the molecule is CC(NC(=O)[C@@H]1C[C@H]1c1cccc(O)c1)c1nnnn1C. The Labute approximate surface area is 122 Å². The molecule has 21 heavy (non-hydrogen) atoms. The second kappa shape index (κ2) is 5.16. The molecule has 0 bridgehead atoms. The molecule has 2 N–H and O–H groups in total. The van der Waals surface area contributed by atoms with Gasteiger partial charge in [0.05, 0.1) is 6.04 Å². The quantitative estimate of drug-likeness (QED) is 0.871. The van der Waals surface area contributed by atoms with Crippen molar-refractivity contribution < 1.29 is 9.90 Å². The fourth-order valence-corrected chi connectivity index (χ4v) is 2.60. The standard InChI is InChI=1S/C14H17N5O2/c1-8(13-16-17-18-19(13)2)15-14(21)12-7-11(12)9-4-3-5-10(20)6-9/h3-6,8,11-12,20H,7H2,1-2H3,(H,15,21)/t8?,11-,12+/m0/s1. The van der Waals surface area contributed by atoms with Crippen LogP contribution in [0.3, 0.4) is 0 Å². The second-order valence-corrected chi connectivity index (χ2v) is 5.43. The first-order valence-corrected chi connectivity index (χ1v) is 6.88. The molecule has 3 rings (SSSR count). The number of carbonyl (C=O) groups is 1. The van der Waals surface area contributed by atoms with Crippen LogP contribution in [0, 0.1) is 5.92 Å². The Morgan fingerprint density at radius 2 is 2.33 bits per heavy atom. The lowest BCUT2D eigenvalue weighted by Crippen LogP contribution is -2.30. The van der Waals surface area contributed by atoms with Gasteiger partial charge in [-0.2, -0.15) is 0 Å². The number of phenolic OH excluding ortho intramolecular Hbond substituents is 1. The number of nitrogens with one attached hydrogen (secondary N) is 1. The molecule has 1 aromatic carbocycles. The van der Waals surface area contributed by atoms with Crippen LogP contribution in [-0.2, 0) is 11.8 Å². The van der Waals surface area contributed by atoms with Crippen molar-refractivity contribution in [3.05, 3.63) is 35.7 Å². The Hall–Kier alpha value is -2.44. The van der Waals surface area contributed by atoms with E-state index in [0.29, 0.717) is 5.82 Å². The summed E-state index contributed by atoms with van der Waals surface area (Å²) in [5, 5.41) is 23.6. The zero-order chi connectivity index (χ0) is 15.0. The molecule has 0 aliphatic heterocycles. The van der Waals surface area contributed by atoms with E-state index in [9.17, 15) is 9.90 Å². The average Bonchev–Trinajstić information content (AvgIpc) is 3.14. The lowest BCUT2D eigenvalue weighted by Gasteiger charge is -2.12. The van der Waals surface area contributed by atoms with Gasteiger partial charge in [-0.3, -0.25) is 4.79 Å². The summed E-state index contributed by atoms with van der Waals surface area (Å²) < 4.78 is 1.55. The number of benzene rings is 1. The van der Waals surface area contributed by atoms with Gasteiger partial charge in [-0.1, -0.05) is 12.1 Å². The van der Waals surface area contributed by atoms with E-state index in [1.54, 1.807) is 29.9 Å². The summed E-state index contributed by atoms with van der Waals surface area (Å²) >= 11 is 0. The van der Waals surface area contributed by atoms with Crippen LogP contribution in [0.25, 0.3) is 0 Å². The first-order chi connectivity index (χ1) is 10.1. The fourth-order valence-electron chi connectivity index (χ4n) is 2.60. The number of nitrogens with zero attached hydrogens (tertiary/aromatic N) is 4. The largest absolute Gasteiger partial charge is 0.508 e. The van der Waals surface area contributed by atoms with E-state index in [0.717, 1.165) is 12.0 Å². The molecule has 1 heterocycles. The number of aromatic hydroxyl groups is 1. The van der Waals surface area contributed by atoms with Gasteiger partial charge in [0.2, 0.25) is 5.91 Å². The Bertz CT molecular complexity index is 669. The van der Waals surface area contributed by atoms with Crippen molar-refractivity contribution in [2.24, 2.45) is 13.0 Å². The van der Waals surface area contributed by atoms with Gasteiger partial charge in [0.15, 0.2) is 5.82 Å². The van der Waals surface area contributed by atoms with Crippen LogP contribution in [0.15, 0.2) is 24.3 Å². The van der Waals surface area contributed by atoms with Crippen LogP contribution in [0.5, 0.6) is 5.75 Å². The van der Waals surface area contributed by atoms with Gasteiger partial charge in [0, 0.05) is 13.0 Å². The zero-order valence-electron chi connectivity index (χ0n) is 11.9. The molecule has 1 unspecified atom stereocenters. The number of carbonyl (C=O) groups excluding carboxylic acids is 1. The van der Waals surface area contributed by atoms with Gasteiger partial charge >= 0.3 is 0 Å². The summed E-state index contributed by atoms with van der Waals surface area (Å²) in [4.78, 5) is 12.2. The number of aromatic nitrogens is 4. The summed E-state index contributed by atoms with van der Waals surface area (Å²) in [6.07, 6.45) is 0.805. The molecule has 0 spiro atoms. The molecule has 7 heteroatoms. The van der Waals surface area contributed by atoms with Crippen LogP contribution in [0.2, 0.25) is 0 Å². The molecule has 110 valence electrons. The molecular formula is C14H17N5O2. The van der Waals surface area contributed by atoms with E-state index in [-0.39, 0.29) is 29.5 Å². The minimum Gasteiger partial charge on any atom is -0.508 e. The van der Waals surface area contributed by atoms with E-state index in [4.69, 9.17) is 0 Å². The minimum absolute atomic E-state index is 0.00107. The molecule has 7 nitrogen and oxygen atoms in total. The van der Waals surface area contributed by atoms with Crippen molar-refractivity contribution in [2.75, 3.05) is 0 Å². The molecule has 2 aromatic rings. The van der Waals surface area contributed by atoms with Gasteiger partial charge in [-0.05, 0) is 47.4 Å². The van der Waals surface area contributed by atoms with Crippen LogP contribution < -0.4 is 5.32 Å². The molecular weight excluding hydrogens is 270 g/mol. The van der Waals surface area contributed by atoms with Crippen molar-refractivity contribution in [1.29, 1.82) is 0 Å². The highest BCUT2D eigenvalue weighted by Crippen LogP contribution is 2.48. The maximum Gasteiger partial charge on any atom is 0.224 e. The molecule has 1 amide bonds. The topological polar surface area (TPSA) is 92.9 Å². The summed E-state index contributed by atoms with van der Waals surface area (Å²) in [6.45, 7) is 1.86. The van der Waals surface area contributed by atoms with Crippen molar-refractivity contribution in [1.82, 2.24) is 25.5 Å². The van der Waals surface area contributed by atoms with E-state index in [1.165, 1.54) is 0 Å². The van der Waals surface area contributed by atoms with Crippen molar-refractivity contribution in [3.8, 4) is 5.75 Å². The number of amides is 1. The van der Waals surface area contributed by atoms with E-state index < -0.39 is 0 Å². The van der Waals surface area contributed by atoms with E-state index in [1.807, 2.05) is 13.0 Å². The average molecular weight is 287 g/mol. The van der Waals surface area contributed by atoms with E-state index in [2.05, 4.69) is 20.8 Å². The molecule has 1 saturated carbocycles. The number of hydrogen-bond donors (Lipinski definition) is 2. The predicted molar refractivity (Wildman–Crippen MR) is 74.3 cm³/mol. The van der Waals surface area contributed by atoms with Crippen molar-refractivity contribution >= 4 is 5.91 Å². The normalized spacial score (nSPS) is 21.8. The molecule has 3 atom stereocenters. The monoisotopic (exact) mass is 287 g/mol. The highest BCUT2D eigenvalue weighted by molar-refractivity contribution is 5.83. The first kappa shape index (κ1) is 13.5.